The topological polar surface area (TPSA) is 84.9 Å². The number of hydrogen-bond donors (Lipinski definition) is 1. The van der Waals surface area contributed by atoms with Crippen LogP contribution in [-0.4, -0.2) is 32.1 Å². The highest BCUT2D eigenvalue weighted by Gasteiger charge is 2.36. The molecule has 0 bridgehead atoms. The van der Waals surface area contributed by atoms with Gasteiger partial charge in [0.1, 0.15) is 5.57 Å². The fourth-order valence-electron chi connectivity index (χ4n) is 2.96. The molecule has 2 aromatic rings. The Morgan fingerprint density at radius 2 is 1.76 bits per heavy atom. The summed E-state index contributed by atoms with van der Waals surface area (Å²) in [7, 11) is 3.03. The molecule has 1 saturated heterocycles. The Labute approximate surface area is 181 Å². The van der Waals surface area contributed by atoms with Gasteiger partial charge >= 0.3 is 6.03 Å². The van der Waals surface area contributed by atoms with E-state index in [0.29, 0.717) is 22.7 Å². The average molecular weight is 506 g/mol. The van der Waals surface area contributed by atoms with E-state index in [1.54, 1.807) is 24.3 Å². The molecule has 1 heterocycles. The van der Waals surface area contributed by atoms with Crippen molar-refractivity contribution in [3.05, 3.63) is 56.7 Å². The molecule has 0 spiro atoms. The molecule has 0 unspecified atom stereocenters. The zero-order valence-electron chi connectivity index (χ0n) is 16.1. The van der Waals surface area contributed by atoms with Crippen LogP contribution in [0.4, 0.5) is 10.5 Å². The summed E-state index contributed by atoms with van der Waals surface area (Å²) in [5.41, 5.74) is 1.89. The Balaban J connectivity index is 2.02. The van der Waals surface area contributed by atoms with Crippen LogP contribution in [0.3, 0.4) is 0 Å². The number of carbonyl (C=O) groups is 3. The summed E-state index contributed by atoms with van der Waals surface area (Å²) in [5, 5.41) is 2.22. The van der Waals surface area contributed by atoms with Gasteiger partial charge in [-0.1, -0.05) is 19.1 Å². The molecule has 2 aromatic carbocycles. The predicted octanol–water partition coefficient (Wildman–Crippen LogP) is 3.54. The van der Waals surface area contributed by atoms with Crippen molar-refractivity contribution in [1.82, 2.24) is 5.32 Å². The molecule has 8 heteroatoms. The molecule has 0 aromatic heterocycles. The summed E-state index contributed by atoms with van der Waals surface area (Å²) in [6, 6.07) is 9.69. The molecule has 1 fully saturated rings. The van der Waals surface area contributed by atoms with Crippen LogP contribution in [0, 0.1) is 3.57 Å². The minimum atomic E-state index is -0.775. The highest BCUT2D eigenvalue weighted by molar-refractivity contribution is 14.1. The van der Waals surface area contributed by atoms with Gasteiger partial charge in [0, 0.05) is 0 Å². The van der Waals surface area contributed by atoms with Gasteiger partial charge in [-0.2, -0.15) is 0 Å². The number of halogens is 1. The SMILES string of the molecule is CCc1ccc(N2C(=O)NC(=O)/C(=C/c3cc(I)c(OC)c(OC)c3)C2=O)cc1. The van der Waals surface area contributed by atoms with E-state index >= 15 is 0 Å². The van der Waals surface area contributed by atoms with Gasteiger partial charge in [0.25, 0.3) is 11.8 Å². The summed E-state index contributed by atoms with van der Waals surface area (Å²) < 4.78 is 11.4. The second-order valence-corrected chi connectivity index (χ2v) is 7.38. The van der Waals surface area contributed by atoms with Gasteiger partial charge < -0.3 is 9.47 Å². The van der Waals surface area contributed by atoms with Crippen LogP contribution in [0.1, 0.15) is 18.1 Å². The number of amides is 4. The van der Waals surface area contributed by atoms with Gasteiger partial charge in [-0.05, 0) is 70.5 Å². The standard InChI is InChI=1S/C21H19IN2O5/c1-4-12-5-7-14(8-6-12)24-20(26)15(19(25)23-21(24)27)9-13-10-16(22)18(29-3)17(11-13)28-2/h5-11H,4H2,1-3H3,(H,23,25,27)/b15-9-. The van der Waals surface area contributed by atoms with Crippen molar-refractivity contribution < 1.29 is 23.9 Å². The van der Waals surface area contributed by atoms with Gasteiger partial charge in [-0.3, -0.25) is 14.9 Å². The van der Waals surface area contributed by atoms with E-state index in [9.17, 15) is 14.4 Å². The molecule has 0 atom stereocenters. The fourth-order valence-corrected chi connectivity index (χ4v) is 3.81. The Morgan fingerprint density at radius 1 is 1.07 bits per heavy atom. The summed E-state index contributed by atoms with van der Waals surface area (Å²) >= 11 is 2.08. The van der Waals surface area contributed by atoms with E-state index in [1.165, 1.54) is 20.3 Å². The smallest absolute Gasteiger partial charge is 0.335 e. The Kier molecular flexibility index (Phi) is 6.21. The van der Waals surface area contributed by atoms with Crippen LogP contribution in [-0.2, 0) is 16.0 Å². The molecule has 3 rings (SSSR count). The fraction of sp³-hybridized carbons (Fsp3) is 0.190. The van der Waals surface area contributed by atoms with E-state index in [4.69, 9.17) is 9.47 Å². The number of imide groups is 2. The minimum absolute atomic E-state index is 0.146. The molecule has 1 aliphatic heterocycles. The molecule has 150 valence electrons. The molecular formula is C21H19IN2O5. The van der Waals surface area contributed by atoms with Crippen molar-refractivity contribution >= 4 is 52.2 Å². The number of urea groups is 1. The van der Waals surface area contributed by atoms with Gasteiger partial charge in [0.15, 0.2) is 11.5 Å². The van der Waals surface area contributed by atoms with E-state index in [1.807, 2.05) is 19.1 Å². The van der Waals surface area contributed by atoms with Gasteiger partial charge in [0.2, 0.25) is 0 Å². The first kappa shape index (κ1) is 20.8. The van der Waals surface area contributed by atoms with Gasteiger partial charge in [-0.25, -0.2) is 9.69 Å². The summed E-state index contributed by atoms with van der Waals surface area (Å²) in [6.45, 7) is 2.01. The van der Waals surface area contributed by atoms with Crippen molar-refractivity contribution in [3.63, 3.8) is 0 Å². The summed E-state index contributed by atoms with van der Waals surface area (Å²) in [6.07, 6.45) is 2.27. The molecule has 7 nitrogen and oxygen atoms in total. The maximum Gasteiger partial charge on any atom is 0.335 e. The highest BCUT2D eigenvalue weighted by Crippen LogP contribution is 2.34. The monoisotopic (exact) mass is 506 g/mol. The normalized spacial score (nSPS) is 15.5. The van der Waals surface area contributed by atoms with Crippen LogP contribution in [0.5, 0.6) is 11.5 Å². The largest absolute Gasteiger partial charge is 0.493 e. The minimum Gasteiger partial charge on any atom is -0.493 e. The molecule has 0 saturated carbocycles. The van der Waals surface area contributed by atoms with E-state index in [0.717, 1.165) is 20.5 Å². The third-order valence-corrected chi connectivity index (χ3v) is 5.27. The molecule has 29 heavy (non-hydrogen) atoms. The van der Waals surface area contributed by atoms with Gasteiger partial charge in [-0.15, -0.1) is 0 Å². The molecular weight excluding hydrogens is 487 g/mol. The summed E-state index contributed by atoms with van der Waals surface area (Å²) in [5.74, 6) is -0.403. The van der Waals surface area contributed by atoms with Crippen LogP contribution >= 0.6 is 22.6 Å². The lowest BCUT2D eigenvalue weighted by molar-refractivity contribution is -0.122. The average Bonchev–Trinajstić information content (AvgIpc) is 2.71. The number of nitrogens with zero attached hydrogens (tertiary/aromatic N) is 1. The van der Waals surface area contributed by atoms with Crippen molar-refractivity contribution in [2.75, 3.05) is 19.1 Å². The van der Waals surface area contributed by atoms with Crippen LogP contribution in [0.15, 0.2) is 42.0 Å². The second-order valence-electron chi connectivity index (χ2n) is 6.22. The third-order valence-electron chi connectivity index (χ3n) is 4.47. The third kappa shape index (κ3) is 4.12. The van der Waals surface area contributed by atoms with Crippen LogP contribution in [0.2, 0.25) is 0 Å². The number of barbiturate groups is 1. The summed E-state index contributed by atoms with van der Waals surface area (Å²) in [4.78, 5) is 38.6. The lowest BCUT2D eigenvalue weighted by Crippen LogP contribution is -2.54. The molecule has 0 radical (unpaired) electrons. The number of ether oxygens (including phenoxy) is 2. The highest BCUT2D eigenvalue weighted by atomic mass is 127. The number of benzene rings is 2. The lowest BCUT2D eigenvalue weighted by atomic mass is 10.1. The molecule has 0 aliphatic carbocycles. The van der Waals surface area contributed by atoms with Crippen LogP contribution < -0.4 is 19.7 Å². The van der Waals surface area contributed by atoms with Crippen molar-refractivity contribution in [2.24, 2.45) is 0 Å². The second kappa shape index (κ2) is 8.64. The number of carbonyl (C=O) groups excluding carboxylic acids is 3. The van der Waals surface area contributed by atoms with Gasteiger partial charge in [0.05, 0.1) is 23.5 Å². The maximum absolute atomic E-state index is 13.0. The quantitative estimate of drug-likeness (QED) is 0.381. The van der Waals surface area contributed by atoms with E-state index in [-0.39, 0.29) is 5.57 Å². The van der Waals surface area contributed by atoms with Crippen LogP contribution in [0.25, 0.3) is 6.08 Å². The Morgan fingerprint density at radius 3 is 2.34 bits per heavy atom. The first-order chi connectivity index (χ1) is 13.9. The number of hydrogen-bond acceptors (Lipinski definition) is 5. The number of anilines is 1. The lowest BCUT2D eigenvalue weighted by Gasteiger charge is -2.26. The van der Waals surface area contributed by atoms with Crippen molar-refractivity contribution in [2.45, 2.75) is 13.3 Å². The molecule has 1 aliphatic rings. The first-order valence-electron chi connectivity index (χ1n) is 8.81. The number of rotatable bonds is 5. The number of aryl methyl sites for hydroxylation is 1. The molecule has 4 amide bonds. The Hall–Kier alpha value is -2.88. The maximum atomic E-state index is 13.0. The number of nitrogens with one attached hydrogen (secondary N) is 1. The zero-order chi connectivity index (χ0) is 21.1. The number of methoxy groups -OCH3 is 2. The predicted molar refractivity (Wildman–Crippen MR) is 117 cm³/mol. The first-order valence-corrected chi connectivity index (χ1v) is 9.89. The Bertz CT molecular complexity index is 1010. The van der Waals surface area contributed by atoms with E-state index in [2.05, 4.69) is 27.9 Å². The van der Waals surface area contributed by atoms with Crippen molar-refractivity contribution in [1.29, 1.82) is 0 Å². The zero-order valence-corrected chi connectivity index (χ0v) is 18.3. The van der Waals surface area contributed by atoms with Crippen molar-refractivity contribution in [3.8, 4) is 11.5 Å². The van der Waals surface area contributed by atoms with E-state index < -0.39 is 17.8 Å². The molecule has 1 N–H and O–H groups in total.